The number of benzene rings is 2. The zero-order valence-electron chi connectivity index (χ0n) is 14.8. The maximum absolute atomic E-state index is 13.4. The first kappa shape index (κ1) is 17.0. The molecule has 4 rings (SSSR count). The van der Waals surface area contributed by atoms with E-state index in [9.17, 15) is 9.18 Å². The summed E-state index contributed by atoms with van der Waals surface area (Å²) >= 11 is 0. The van der Waals surface area contributed by atoms with Crippen LogP contribution in [0.25, 0.3) is 22.4 Å². The Kier molecular flexibility index (Phi) is 4.46. The van der Waals surface area contributed by atoms with Crippen LogP contribution in [0.3, 0.4) is 0 Å². The van der Waals surface area contributed by atoms with E-state index in [0.29, 0.717) is 29.5 Å². The molecule has 6 heteroatoms. The number of nitrogens with one attached hydrogen (secondary N) is 2. The van der Waals surface area contributed by atoms with Gasteiger partial charge in [0.25, 0.3) is 0 Å². The van der Waals surface area contributed by atoms with Crippen LogP contribution in [0.2, 0.25) is 0 Å². The average Bonchev–Trinajstić information content (AvgIpc) is 3.24. The first-order valence-electron chi connectivity index (χ1n) is 8.64. The predicted molar refractivity (Wildman–Crippen MR) is 100 cm³/mol. The van der Waals surface area contributed by atoms with E-state index in [1.165, 1.54) is 12.1 Å². The van der Waals surface area contributed by atoms with E-state index in [1.54, 1.807) is 19.1 Å². The second-order valence-electron chi connectivity index (χ2n) is 6.35. The molecule has 2 aromatic carbocycles. The fourth-order valence-electron chi connectivity index (χ4n) is 3.02. The van der Waals surface area contributed by atoms with E-state index in [1.807, 2.05) is 30.5 Å². The third-order valence-corrected chi connectivity index (χ3v) is 4.44. The second-order valence-corrected chi connectivity index (χ2v) is 6.35. The fraction of sp³-hybridized carbons (Fsp3) is 0.143. The minimum absolute atomic E-state index is 0.104. The van der Waals surface area contributed by atoms with Crippen molar-refractivity contribution in [2.75, 3.05) is 0 Å². The number of hydrogen-bond acceptors (Lipinski definition) is 3. The van der Waals surface area contributed by atoms with Gasteiger partial charge in [0.1, 0.15) is 11.6 Å². The second kappa shape index (κ2) is 7.07. The van der Waals surface area contributed by atoms with Crippen LogP contribution < -0.4 is 5.32 Å². The smallest absolute Gasteiger partial charge is 0.226 e. The highest BCUT2D eigenvalue weighted by Gasteiger charge is 2.15. The Morgan fingerprint density at radius 1 is 1.22 bits per heavy atom. The monoisotopic (exact) mass is 363 g/mol. The van der Waals surface area contributed by atoms with Crippen molar-refractivity contribution in [2.24, 2.45) is 0 Å². The molecule has 2 heterocycles. The largest absolute Gasteiger partial charge is 0.441 e. The van der Waals surface area contributed by atoms with Crippen molar-refractivity contribution in [1.29, 1.82) is 0 Å². The number of aryl methyl sites for hydroxylation is 1. The summed E-state index contributed by atoms with van der Waals surface area (Å²) in [7, 11) is 0. The van der Waals surface area contributed by atoms with Crippen LogP contribution in [-0.2, 0) is 17.8 Å². The standard InChI is InChI=1S/C21H18FN3O2/c1-13-19(25-21(27-13)14-5-4-6-16(22)9-14)10-20(26)24-12-15-11-23-18-8-3-2-7-17(15)18/h2-9,11,23H,10,12H2,1H3,(H,24,26). The van der Waals surface area contributed by atoms with Gasteiger partial charge in [-0.05, 0) is 36.8 Å². The number of aromatic nitrogens is 2. The van der Waals surface area contributed by atoms with Crippen LogP contribution in [0.4, 0.5) is 4.39 Å². The number of amides is 1. The van der Waals surface area contributed by atoms with Gasteiger partial charge in [0, 0.05) is 29.2 Å². The minimum Gasteiger partial charge on any atom is -0.441 e. The highest BCUT2D eigenvalue weighted by atomic mass is 19.1. The van der Waals surface area contributed by atoms with Gasteiger partial charge in [0.15, 0.2) is 0 Å². The van der Waals surface area contributed by atoms with Crippen LogP contribution in [0.1, 0.15) is 17.0 Å². The van der Waals surface area contributed by atoms with Gasteiger partial charge in [-0.15, -0.1) is 0 Å². The Morgan fingerprint density at radius 3 is 2.93 bits per heavy atom. The number of rotatable bonds is 5. The summed E-state index contributed by atoms with van der Waals surface area (Å²) in [5, 5.41) is 4.00. The van der Waals surface area contributed by atoms with E-state index in [4.69, 9.17) is 4.42 Å². The van der Waals surface area contributed by atoms with Crippen molar-refractivity contribution in [3.05, 3.63) is 77.6 Å². The molecule has 2 N–H and O–H groups in total. The van der Waals surface area contributed by atoms with Gasteiger partial charge in [-0.25, -0.2) is 9.37 Å². The average molecular weight is 363 g/mol. The number of nitrogens with zero attached hydrogens (tertiary/aromatic N) is 1. The number of para-hydroxylation sites is 1. The third-order valence-electron chi connectivity index (χ3n) is 4.44. The van der Waals surface area contributed by atoms with Crippen LogP contribution in [0, 0.1) is 12.7 Å². The number of oxazole rings is 1. The molecule has 2 aromatic heterocycles. The number of carbonyl (C=O) groups excluding carboxylic acids is 1. The molecule has 0 radical (unpaired) electrons. The van der Waals surface area contributed by atoms with Gasteiger partial charge in [-0.3, -0.25) is 4.79 Å². The Hall–Kier alpha value is -3.41. The topological polar surface area (TPSA) is 70.9 Å². The van der Waals surface area contributed by atoms with Crippen molar-refractivity contribution >= 4 is 16.8 Å². The molecule has 5 nitrogen and oxygen atoms in total. The summed E-state index contributed by atoms with van der Waals surface area (Å²) in [4.78, 5) is 19.9. The van der Waals surface area contributed by atoms with Crippen molar-refractivity contribution in [3.63, 3.8) is 0 Å². The summed E-state index contributed by atoms with van der Waals surface area (Å²) in [6, 6.07) is 14.0. The lowest BCUT2D eigenvalue weighted by Gasteiger charge is -2.03. The molecule has 0 aliphatic heterocycles. The lowest BCUT2D eigenvalue weighted by atomic mass is 10.1. The summed E-state index contributed by atoms with van der Waals surface area (Å²) < 4.78 is 19.0. The molecule has 0 saturated carbocycles. The first-order chi connectivity index (χ1) is 13.1. The number of hydrogen-bond donors (Lipinski definition) is 2. The van der Waals surface area contributed by atoms with Gasteiger partial charge in [-0.2, -0.15) is 0 Å². The maximum atomic E-state index is 13.4. The Morgan fingerprint density at radius 2 is 2.07 bits per heavy atom. The van der Waals surface area contributed by atoms with Crippen molar-refractivity contribution < 1.29 is 13.6 Å². The van der Waals surface area contributed by atoms with E-state index in [2.05, 4.69) is 15.3 Å². The third kappa shape index (κ3) is 3.60. The zero-order valence-corrected chi connectivity index (χ0v) is 14.8. The molecule has 1 amide bonds. The molecule has 27 heavy (non-hydrogen) atoms. The van der Waals surface area contributed by atoms with E-state index < -0.39 is 0 Å². The van der Waals surface area contributed by atoms with Gasteiger partial charge in [-0.1, -0.05) is 24.3 Å². The molecule has 0 aliphatic carbocycles. The highest BCUT2D eigenvalue weighted by Crippen LogP contribution is 2.23. The summed E-state index contributed by atoms with van der Waals surface area (Å²) in [6.45, 7) is 2.18. The van der Waals surface area contributed by atoms with Gasteiger partial charge in [0.2, 0.25) is 11.8 Å². The van der Waals surface area contributed by atoms with Crippen LogP contribution in [-0.4, -0.2) is 15.9 Å². The molecule has 4 aromatic rings. The molecule has 0 unspecified atom stereocenters. The summed E-state index contributed by atoms with van der Waals surface area (Å²) in [5.41, 5.74) is 3.15. The molecule has 0 spiro atoms. The lowest BCUT2D eigenvalue weighted by Crippen LogP contribution is -2.24. The van der Waals surface area contributed by atoms with E-state index >= 15 is 0 Å². The SMILES string of the molecule is Cc1oc(-c2cccc(F)c2)nc1CC(=O)NCc1c[nH]c2ccccc12. The molecule has 0 aliphatic rings. The van der Waals surface area contributed by atoms with E-state index in [0.717, 1.165) is 16.5 Å². The molecule has 0 fully saturated rings. The van der Waals surface area contributed by atoms with E-state index in [-0.39, 0.29) is 18.1 Å². The normalized spacial score (nSPS) is 11.0. The molecule has 136 valence electrons. The molecule has 0 atom stereocenters. The minimum atomic E-state index is -0.360. The lowest BCUT2D eigenvalue weighted by molar-refractivity contribution is -0.120. The fourth-order valence-corrected chi connectivity index (χ4v) is 3.02. The van der Waals surface area contributed by atoms with Crippen LogP contribution in [0.5, 0.6) is 0 Å². The molecular weight excluding hydrogens is 345 g/mol. The number of fused-ring (bicyclic) bond motifs is 1. The molecule has 0 saturated heterocycles. The molecule has 0 bridgehead atoms. The molecular formula is C21H18FN3O2. The van der Waals surface area contributed by atoms with Crippen LogP contribution in [0.15, 0.2) is 59.1 Å². The maximum Gasteiger partial charge on any atom is 0.226 e. The van der Waals surface area contributed by atoms with Gasteiger partial charge < -0.3 is 14.7 Å². The number of aromatic amines is 1. The Labute approximate surface area is 155 Å². The number of carbonyl (C=O) groups is 1. The summed E-state index contributed by atoms with van der Waals surface area (Å²) in [5.74, 6) is 0.354. The number of H-pyrrole nitrogens is 1. The highest BCUT2D eigenvalue weighted by molar-refractivity contribution is 5.84. The first-order valence-corrected chi connectivity index (χ1v) is 8.64. The quantitative estimate of drug-likeness (QED) is 0.560. The van der Waals surface area contributed by atoms with Crippen LogP contribution >= 0.6 is 0 Å². The van der Waals surface area contributed by atoms with Gasteiger partial charge in [0.05, 0.1) is 12.1 Å². The number of halogens is 1. The van der Waals surface area contributed by atoms with Gasteiger partial charge >= 0.3 is 0 Å². The zero-order chi connectivity index (χ0) is 18.8. The predicted octanol–water partition coefficient (Wildman–Crippen LogP) is 4.13. The Balaban J connectivity index is 1.44. The Bertz CT molecular complexity index is 1110. The van der Waals surface area contributed by atoms with Crippen molar-refractivity contribution in [2.45, 2.75) is 19.9 Å². The van der Waals surface area contributed by atoms with Crippen molar-refractivity contribution in [1.82, 2.24) is 15.3 Å². The summed E-state index contributed by atoms with van der Waals surface area (Å²) in [6.07, 6.45) is 2.00. The van der Waals surface area contributed by atoms with Crippen molar-refractivity contribution in [3.8, 4) is 11.5 Å².